The van der Waals surface area contributed by atoms with Crippen LogP contribution in [0.15, 0.2) is 59.6 Å². The normalized spacial score (nSPS) is 17.0. The fraction of sp³-hybridized carbons (Fsp3) is 0.440. The number of ether oxygens (including phenoxy) is 1. The summed E-state index contributed by atoms with van der Waals surface area (Å²) in [5, 5.41) is 6.70. The molecule has 0 spiro atoms. The Balaban J connectivity index is 1.39. The average Bonchev–Trinajstić information content (AvgIpc) is 2.82. The molecule has 0 bridgehead atoms. The summed E-state index contributed by atoms with van der Waals surface area (Å²) in [5.41, 5.74) is 7.95. The number of piperidine rings is 1. The van der Waals surface area contributed by atoms with Crippen molar-refractivity contribution in [3.63, 3.8) is 0 Å². The van der Waals surface area contributed by atoms with Crippen molar-refractivity contribution in [2.45, 2.75) is 32.4 Å². The standard InChI is InChI=1S/C25H35N5O2/c1-27-25(28-13-7-15-32-23-11-3-2-4-12-23)29-17-20-8-5-9-21(16-20)18-30-14-6-10-22(19-30)24(26)31/h2-5,8-9,11-12,16,22H,6-7,10,13-15,17-19H2,1H3,(H2,26,31)(H2,27,28,29). The minimum absolute atomic E-state index is 0.0268. The quantitative estimate of drug-likeness (QED) is 0.302. The van der Waals surface area contributed by atoms with Crippen LogP contribution in [0.5, 0.6) is 5.75 Å². The van der Waals surface area contributed by atoms with Crippen molar-refractivity contribution in [2.24, 2.45) is 16.6 Å². The molecule has 0 aromatic heterocycles. The first-order valence-electron chi connectivity index (χ1n) is 11.4. The second-order valence-electron chi connectivity index (χ2n) is 8.16. The maximum absolute atomic E-state index is 11.5. The number of primary amides is 1. The van der Waals surface area contributed by atoms with Gasteiger partial charge in [0, 0.05) is 33.2 Å². The lowest BCUT2D eigenvalue weighted by atomic mass is 9.97. The third kappa shape index (κ3) is 7.89. The highest BCUT2D eigenvalue weighted by molar-refractivity contribution is 5.79. The largest absolute Gasteiger partial charge is 0.494 e. The van der Waals surface area contributed by atoms with Crippen LogP contribution in [0, 0.1) is 5.92 Å². The molecule has 1 heterocycles. The lowest BCUT2D eigenvalue weighted by Gasteiger charge is -2.31. The Kier molecular flexibility index (Phi) is 9.37. The van der Waals surface area contributed by atoms with Crippen LogP contribution in [0.3, 0.4) is 0 Å². The molecule has 0 radical (unpaired) electrons. The molecule has 2 aromatic rings. The molecule has 1 atom stereocenters. The number of para-hydroxylation sites is 1. The van der Waals surface area contributed by atoms with E-state index in [1.807, 2.05) is 30.3 Å². The van der Waals surface area contributed by atoms with Crippen LogP contribution in [-0.2, 0) is 17.9 Å². The Bertz CT molecular complexity index is 872. The number of carbonyl (C=O) groups is 1. The van der Waals surface area contributed by atoms with Crippen LogP contribution in [0.2, 0.25) is 0 Å². The molecule has 1 unspecified atom stereocenters. The van der Waals surface area contributed by atoms with Gasteiger partial charge in [0.25, 0.3) is 0 Å². The Labute approximate surface area is 191 Å². The Morgan fingerprint density at radius 1 is 1.16 bits per heavy atom. The van der Waals surface area contributed by atoms with Crippen molar-refractivity contribution in [1.82, 2.24) is 15.5 Å². The van der Waals surface area contributed by atoms with Crippen LogP contribution in [0.25, 0.3) is 0 Å². The van der Waals surface area contributed by atoms with Gasteiger partial charge in [-0.05, 0) is 49.1 Å². The van der Waals surface area contributed by atoms with E-state index in [0.29, 0.717) is 13.2 Å². The summed E-state index contributed by atoms with van der Waals surface area (Å²) < 4.78 is 5.72. The van der Waals surface area contributed by atoms with Gasteiger partial charge in [-0.25, -0.2) is 0 Å². The minimum atomic E-state index is -0.182. The maximum atomic E-state index is 11.5. The predicted octanol–water partition coefficient (Wildman–Crippen LogP) is 2.52. The number of benzene rings is 2. The monoisotopic (exact) mass is 437 g/mol. The highest BCUT2D eigenvalue weighted by Crippen LogP contribution is 2.18. The summed E-state index contributed by atoms with van der Waals surface area (Å²) in [7, 11) is 1.78. The molecule has 0 saturated carbocycles. The first-order chi connectivity index (χ1) is 15.6. The van der Waals surface area contributed by atoms with E-state index in [-0.39, 0.29) is 11.8 Å². The number of hydrogen-bond acceptors (Lipinski definition) is 4. The molecule has 0 aliphatic carbocycles. The minimum Gasteiger partial charge on any atom is -0.494 e. The van der Waals surface area contributed by atoms with E-state index in [1.54, 1.807) is 7.05 Å². The van der Waals surface area contributed by atoms with Gasteiger partial charge >= 0.3 is 0 Å². The summed E-state index contributed by atoms with van der Waals surface area (Å²) in [6, 6.07) is 18.4. The zero-order chi connectivity index (χ0) is 22.6. The molecule has 1 fully saturated rings. The van der Waals surface area contributed by atoms with Gasteiger partial charge in [0.15, 0.2) is 5.96 Å². The number of guanidine groups is 1. The average molecular weight is 438 g/mol. The topological polar surface area (TPSA) is 92.0 Å². The van der Waals surface area contributed by atoms with Crippen molar-refractivity contribution in [2.75, 3.05) is 33.3 Å². The van der Waals surface area contributed by atoms with Gasteiger partial charge in [0.05, 0.1) is 12.5 Å². The lowest BCUT2D eigenvalue weighted by molar-refractivity contribution is -0.123. The molecule has 1 aliphatic rings. The molecule has 1 aliphatic heterocycles. The lowest BCUT2D eigenvalue weighted by Crippen LogP contribution is -2.40. The molecule has 7 heteroatoms. The van der Waals surface area contributed by atoms with Crippen molar-refractivity contribution < 1.29 is 9.53 Å². The van der Waals surface area contributed by atoms with E-state index in [9.17, 15) is 4.79 Å². The Hall–Kier alpha value is -3.06. The fourth-order valence-corrected chi connectivity index (χ4v) is 3.92. The summed E-state index contributed by atoms with van der Waals surface area (Å²) in [6.45, 7) is 4.73. The molecule has 1 amide bonds. The molecule has 2 aromatic carbocycles. The molecule has 7 nitrogen and oxygen atoms in total. The van der Waals surface area contributed by atoms with Crippen LogP contribution in [0.1, 0.15) is 30.4 Å². The number of carbonyl (C=O) groups excluding carboxylic acids is 1. The maximum Gasteiger partial charge on any atom is 0.221 e. The summed E-state index contributed by atoms with van der Waals surface area (Å²) in [4.78, 5) is 18.1. The van der Waals surface area contributed by atoms with Crippen LogP contribution in [0.4, 0.5) is 0 Å². The third-order valence-electron chi connectivity index (χ3n) is 5.61. The molecular weight excluding hydrogens is 402 g/mol. The fourth-order valence-electron chi connectivity index (χ4n) is 3.92. The second kappa shape index (κ2) is 12.7. The molecule has 4 N–H and O–H groups in total. The summed E-state index contributed by atoms with van der Waals surface area (Å²) >= 11 is 0. The molecule has 172 valence electrons. The second-order valence-corrected chi connectivity index (χ2v) is 8.16. The van der Waals surface area contributed by atoms with E-state index < -0.39 is 0 Å². The number of nitrogens with zero attached hydrogens (tertiary/aromatic N) is 2. The zero-order valence-corrected chi connectivity index (χ0v) is 18.9. The first kappa shape index (κ1) is 23.6. The summed E-state index contributed by atoms with van der Waals surface area (Å²) in [6.07, 6.45) is 2.81. The number of amides is 1. The van der Waals surface area contributed by atoms with Gasteiger partial charge in [-0.2, -0.15) is 0 Å². The van der Waals surface area contributed by atoms with Gasteiger partial charge in [-0.3, -0.25) is 14.7 Å². The SMILES string of the molecule is CN=C(NCCCOc1ccccc1)NCc1cccc(CN2CCCC(C(N)=O)C2)c1. The van der Waals surface area contributed by atoms with Crippen LogP contribution < -0.4 is 21.1 Å². The highest BCUT2D eigenvalue weighted by atomic mass is 16.5. The van der Waals surface area contributed by atoms with Gasteiger partial charge in [0.1, 0.15) is 5.75 Å². The van der Waals surface area contributed by atoms with E-state index in [1.165, 1.54) is 11.1 Å². The van der Waals surface area contributed by atoms with E-state index >= 15 is 0 Å². The number of rotatable bonds is 10. The van der Waals surface area contributed by atoms with Crippen LogP contribution in [-0.4, -0.2) is 50.1 Å². The third-order valence-corrected chi connectivity index (χ3v) is 5.61. The molecule has 1 saturated heterocycles. The Morgan fingerprint density at radius 3 is 2.75 bits per heavy atom. The van der Waals surface area contributed by atoms with Gasteiger partial charge in [0.2, 0.25) is 5.91 Å². The van der Waals surface area contributed by atoms with Crippen molar-refractivity contribution in [1.29, 1.82) is 0 Å². The molecule has 32 heavy (non-hydrogen) atoms. The van der Waals surface area contributed by atoms with Crippen molar-refractivity contribution in [3.8, 4) is 5.75 Å². The number of aliphatic imine (C=N–C) groups is 1. The number of hydrogen-bond donors (Lipinski definition) is 3. The molecule has 3 rings (SSSR count). The van der Waals surface area contributed by atoms with Gasteiger partial charge < -0.3 is 21.1 Å². The first-order valence-corrected chi connectivity index (χ1v) is 11.4. The summed E-state index contributed by atoms with van der Waals surface area (Å²) in [5.74, 6) is 1.46. The van der Waals surface area contributed by atoms with Gasteiger partial charge in [-0.15, -0.1) is 0 Å². The van der Waals surface area contributed by atoms with E-state index in [0.717, 1.165) is 57.2 Å². The Morgan fingerprint density at radius 2 is 1.97 bits per heavy atom. The van der Waals surface area contributed by atoms with E-state index in [4.69, 9.17) is 10.5 Å². The van der Waals surface area contributed by atoms with Crippen molar-refractivity contribution >= 4 is 11.9 Å². The smallest absolute Gasteiger partial charge is 0.221 e. The zero-order valence-electron chi connectivity index (χ0n) is 18.9. The number of nitrogens with two attached hydrogens (primary N) is 1. The number of nitrogens with one attached hydrogen (secondary N) is 2. The van der Waals surface area contributed by atoms with E-state index in [2.05, 4.69) is 44.8 Å². The predicted molar refractivity (Wildman–Crippen MR) is 128 cm³/mol. The number of likely N-dealkylation sites (tertiary alicyclic amines) is 1. The van der Waals surface area contributed by atoms with Gasteiger partial charge in [-0.1, -0.05) is 42.5 Å². The highest BCUT2D eigenvalue weighted by Gasteiger charge is 2.23. The van der Waals surface area contributed by atoms with Crippen LogP contribution >= 0.6 is 0 Å². The van der Waals surface area contributed by atoms with Crippen molar-refractivity contribution in [3.05, 3.63) is 65.7 Å². The molecular formula is C25H35N5O2.